The standard InChI is InChI=1S/C13H15ClN6/c14-9-3-4-10(16-7-9)19-12-11(15)13(18-8-17-12)20-5-1-2-6-20/h3-4,7-8H,1-2,5-6,15H2,(H,16,17,18,19). The third kappa shape index (κ3) is 2.60. The van der Waals surface area contributed by atoms with Gasteiger partial charge in [0.25, 0.3) is 0 Å². The van der Waals surface area contributed by atoms with Crippen LogP contribution < -0.4 is 16.0 Å². The summed E-state index contributed by atoms with van der Waals surface area (Å²) in [6.45, 7) is 1.97. The van der Waals surface area contributed by atoms with Crippen molar-refractivity contribution in [2.75, 3.05) is 29.0 Å². The number of hydrogen-bond donors (Lipinski definition) is 2. The number of halogens is 1. The summed E-state index contributed by atoms with van der Waals surface area (Å²) in [4.78, 5) is 14.8. The van der Waals surface area contributed by atoms with Crippen molar-refractivity contribution in [1.82, 2.24) is 15.0 Å². The highest BCUT2D eigenvalue weighted by molar-refractivity contribution is 6.30. The van der Waals surface area contributed by atoms with Crippen molar-refractivity contribution in [3.63, 3.8) is 0 Å². The molecule has 0 radical (unpaired) electrons. The van der Waals surface area contributed by atoms with E-state index in [-0.39, 0.29) is 0 Å². The molecule has 0 saturated carbocycles. The summed E-state index contributed by atoms with van der Waals surface area (Å²) in [7, 11) is 0. The highest BCUT2D eigenvalue weighted by Gasteiger charge is 2.18. The molecule has 0 spiro atoms. The molecule has 1 saturated heterocycles. The first-order valence-corrected chi connectivity index (χ1v) is 6.86. The van der Waals surface area contributed by atoms with Gasteiger partial charge in [-0.05, 0) is 25.0 Å². The number of nitrogen functional groups attached to an aromatic ring is 1. The minimum Gasteiger partial charge on any atom is -0.393 e. The molecule has 20 heavy (non-hydrogen) atoms. The SMILES string of the molecule is Nc1c(Nc2ccc(Cl)cn2)ncnc1N1CCCC1. The van der Waals surface area contributed by atoms with E-state index in [0.29, 0.717) is 22.3 Å². The van der Waals surface area contributed by atoms with Crippen LogP contribution in [0.15, 0.2) is 24.7 Å². The fourth-order valence-corrected chi connectivity index (χ4v) is 2.35. The number of pyridine rings is 1. The first kappa shape index (κ1) is 12.9. The topological polar surface area (TPSA) is 80.0 Å². The molecule has 3 rings (SSSR count). The summed E-state index contributed by atoms with van der Waals surface area (Å²) in [6, 6.07) is 3.54. The Labute approximate surface area is 122 Å². The fraction of sp³-hybridized carbons (Fsp3) is 0.308. The largest absolute Gasteiger partial charge is 0.393 e. The first-order chi connectivity index (χ1) is 9.74. The molecule has 104 valence electrons. The minimum absolute atomic E-state index is 0.547. The van der Waals surface area contributed by atoms with Gasteiger partial charge in [-0.25, -0.2) is 15.0 Å². The van der Waals surface area contributed by atoms with E-state index in [9.17, 15) is 0 Å². The lowest BCUT2D eigenvalue weighted by molar-refractivity contribution is 0.931. The van der Waals surface area contributed by atoms with Gasteiger partial charge >= 0.3 is 0 Å². The maximum absolute atomic E-state index is 6.16. The van der Waals surface area contributed by atoms with Crippen LogP contribution in [0.4, 0.5) is 23.1 Å². The monoisotopic (exact) mass is 290 g/mol. The van der Waals surface area contributed by atoms with Crippen LogP contribution in [0.25, 0.3) is 0 Å². The number of nitrogens with zero attached hydrogens (tertiary/aromatic N) is 4. The van der Waals surface area contributed by atoms with Gasteiger partial charge in [0.15, 0.2) is 11.6 Å². The minimum atomic E-state index is 0.547. The molecule has 3 N–H and O–H groups in total. The van der Waals surface area contributed by atoms with Crippen molar-refractivity contribution in [3.05, 3.63) is 29.7 Å². The second kappa shape index (κ2) is 5.50. The van der Waals surface area contributed by atoms with Gasteiger partial charge in [0.1, 0.15) is 17.8 Å². The lowest BCUT2D eigenvalue weighted by atomic mass is 10.4. The molecule has 7 heteroatoms. The van der Waals surface area contributed by atoms with E-state index in [2.05, 4.69) is 25.2 Å². The average Bonchev–Trinajstić information content (AvgIpc) is 2.97. The smallest absolute Gasteiger partial charge is 0.160 e. The van der Waals surface area contributed by atoms with Crippen molar-refractivity contribution in [2.24, 2.45) is 0 Å². The highest BCUT2D eigenvalue weighted by Crippen LogP contribution is 2.30. The van der Waals surface area contributed by atoms with E-state index in [4.69, 9.17) is 17.3 Å². The van der Waals surface area contributed by atoms with Crippen LogP contribution in [0, 0.1) is 0 Å². The molecule has 0 amide bonds. The molecule has 0 aromatic carbocycles. The molecule has 1 aliphatic heterocycles. The third-order valence-electron chi connectivity index (χ3n) is 3.24. The van der Waals surface area contributed by atoms with Gasteiger partial charge in [-0.1, -0.05) is 11.6 Å². The number of hydrogen-bond acceptors (Lipinski definition) is 6. The van der Waals surface area contributed by atoms with E-state index >= 15 is 0 Å². The summed E-state index contributed by atoms with van der Waals surface area (Å²) >= 11 is 5.81. The zero-order valence-corrected chi connectivity index (χ0v) is 11.6. The van der Waals surface area contributed by atoms with E-state index in [1.807, 2.05) is 0 Å². The second-order valence-electron chi connectivity index (χ2n) is 4.64. The van der Waals surface area contributed by atoms with Gasteiger partial charge in [-0.2, -0.15) is 0 Å². The van der Waals surface area contributed by atoms with E-state index < -0.39 is 0 Å². The van der Waals surface area contributed by atoms with Gasteiger partial charge in [-0.3, -0.25) is 0 Å². The number of nitrogens with one attached hydrogen (secondary N) is 1. The first-order valence-electron chi connectivity index (χ1n) is 6.48. The summed E-state index contributed by atoms with van der Waals surface area (Å²) in [5.74, 6) is 2.00. The molecular weight excluding hydrogens is 276 g/mol. The molecule has 1 fully saturated rings. The fourth-order valence-electron chi connectivity index (χ4n) is 2.24. The predicted molar refractivity (Wildman–Crippen MR) is 80.4 cm³/mol. The van der Waals surface area contributed by atoms with Crippen molar-refractivity contribution in [3.8, 4) is 0 Å². The van der Waals surface area contributed by atoms with E-state index in [1.165, 1.54) is 19.2 Å². The number of anilines is 4. The number of nitrogens with two attached hydrogens (primary N) is 1. The molecule has 1 aliphatic rings. The van der Waals surface area contributed by atoms with E-state index in [0.717, 1.165) is 18.9 Å². The summed E-state index contributed by atoms with van der Waals surface area (Å²) < 4.78 is 0. The molecule has 0 aliphatic carbocycles. The lowest BCUT2D eigenvalue weighted by Gasteiger charge is -2.19. The van der Waals surface area contributed by atoms with Crippen LogP contribution >= 0.6 is 11.6 Å². The van der Waals surface area contributed by atoms with Gasteiger partial charge < -0.3 is 16.0 Å². The maximum Gasteiger partial charge on any atom is 0.160 e. The van der Waals surface area contributed by atoms with Crippen molar-refractivity contribution >= 4 is 34.7 Å². The van der Waals surface area contributed by atoms with Crippen LogP contribution in [0.5, 0.6) is 0 Å². The van der Waals surface area contributed by atoms with Gasteiger partial charge in [0.05, 0.1) is 5.02 Å². The average molecular weight is 291 g/mol. The normalized spacial score (nSPS) is 14.6. The Kier molecular flexibility index (Phi) is 3.56. The Morgan fingerprint density at radius 2 is 1.95 bits per heavy atom. The molecule has 2 aromatic rings. The molecular formula is C13H15ClN6. The van der Waals surface area contributed by atoms with Crippen LogP contribution in [-0.2, 0) is 0 Å². The molecule has 0 bridgehead atoms. The summed E-state index contributed by atoms with van der Waals surface area (Å²) in [5.41, 5.74) is 6.71. The number of rotatable bonds is 3. The Bertz CT molecular complexity index is 594. The van der Waals surface area contributed by atoms with Crippen LogP contribution in [0.3, 0.4) is 0 Å². The zero-order valence-electron chi connectivity index (χ0n) is 10.9. The Hall–Kier alpha value is -2.08. The molecule has 0 atom stereocenters. The zero-order chi connectivity index (χ0) is 13.9. The third-order valence-corrected chi connectivity index (χ3v) is 3.47. The Morgan fingerprint density at radius 1 is 1.15 bits per heavy atom. The summed E-state index contributed by atoms with van der Waals surface area (Å²) in [5, 5.41) is 3.68. The molecule has 0 unspecified atom stereocenters. The quantitative estimate of drug-likeness (QED) is 0.904. The van der Waals surface area contributed by atoms with Crippen molar-refractivity contribution in [2.45, 2.75) is 12.8 Å². The Morgan fingerprint density at radius 3 is 2.65 bits per heavy atom. The molecule has 3 heterocycles. The predicted octanol–water partition coefficient (Wildman–Crippen LogP) is 2.45. The molecule has 6 nitrogen and oxygen atoms in total. The Balaban J connectivity index is 1.86. The maximum atomic E-state index is 6.16. The van der Waals surface area contributed by atoms with E-state index in [1.54, 1.807) is 18.3 Å². The van der Waals surface area contributed by atoms with Crippen LogP contribution in [0.1, 0.15) is 12.8 Å². The van der Waals surface area contributed by atoms with Crippen molar-refractivity contribution in [1.29, 1.82) is 0 Å². The van der Waals surface area contributed by atoms with Crippen molar-refractivity contribution < 1.29 is 0 Å². The number of aromatic nitrogens is 3. The van der Waals surface area contributed by atoms with Gasteiger partial charge in [0.2, 0.25) is 0 Å². The second-order valence-corrected chi connectivity index (χ2v) is 5.08. The van der Waals surface area contributed by atoms with Crippen LogP contribution in [0.2, 0.25) is 5.02 Å². The highest BCUT2D eigenvalue weighted by atomic mass is 35.5. The lowest BCUT2D eigenvalue weighted by Crippen LogP contribution is -2.21. The molecule has 2 aromatic heterocycles. The van der Waals surface area contributed by atoms with Gasteiger partial charge in [-0.15, -0.1) is 0 Å². The van der Waals surface area contributed by atoms with Gasteiger partial charge in [0, 0.05) is 19.3 Å². The summed E-state index contributed by atoms with van der Waals surface area (Å²) in [6.07, 6.45) is 5.43. The van der Waals surface area contributed by atoms with Crippen LogP contribution in [-0.4, -0.2) is 28.0 Å².